The average molecular weight is 320 g/mol. The van der Waals surface area contributed by atoms with Crippen LogP contribution in [-0.4, -0.2) is 44.0 Å². The lowest BCUT2D eigenvalue weighted by molar-refractivity contribution is 0.0602. The highest BCUT2D eigenvalue weighted by molar-refractivity contribution is 5.82. The van der Waals surface area contributed by atoms with Crippen molar-refractivity contribution in [3.8, 4) is 11.3 Å². The Bertz CT molecular complexity index is 972. The molecule has 6 heteroatoms. The van der Waals surface area contributed by atoms with E-state index in [4.69, 9.17) is 10.2 Å². The second kappa shape index (κ2) is 4.56. The highest BCUT2D eigenvalue weighted by Crippen LogP contribution is 2.43. The van der Waals surface area contributed by atoms with Crippen molar-refractivity contribution >= 4 is 17.0 Å². The van der Waals surface area contributed by atoms with Crippen LogP contribution in [0, 0.1) is 0 Å². The zero-order valence-corrected chi connectivity index (χ0v) is 13.0. The standard InChI is InChI=1S/C18H16N4O2/c23-17(24)21-10-18(11-21)5-6-22-16(18)8-15(20-22)13-7-12-3-1-2-4-14(12)19-9-13/h1-4,7-9H,5-6,10-11H2,(H,23,24). The van der Waals surface area contributed by atoms with Crippen LogP contribution >= 0.6 is 0 Å². The van der Waals surface area contributed by atoms with E-state index in [-0.39, 0.29) is 5.41 Å². The van der Waals surface area contributed by atoms with Gasteiger partial charge in [-0.05, 0) is 24.6 Å². The summed E-state index contributed by atoms with van der Waals surface area (Å²) in [5.41, 5.74) is 3.99. The van der Waals surface area contributed by atoms with E-state index >= 15 is 0 Å². The van der Waals surface area contributed by atoms with E-state index in [1.807, 2.05) is 35.1 Å². The Morgan fingerprint density at radius 1 is 1.21 bits per heavy atom. The molecule has 0 atom stereocenters. The molecule has 3 aromatic rings. The molecular weight excluding hydrogens is 304 g/mol. The van der Waals surface area contributed by atoms with Crippen molar-refractivity contribution in [1.29, 1.82) is 0 Å². The van der Waals surface area contributed by atoms with Gasteiger partial charge in [-0.25, -0.2) is 4.79 Å². The van der Waals surface area contributed by atoms with Crippen LogP contribution in [0.5, 0.6) is 0 Å². The number of pyridine rings is 1. The maximum atomic E-state index is 11.1. The molecule has 5 rings (SSSR count). The van der Waals surface area contributed by atoms with Crippen LogP contribution in [0.15, 0.2) is 42.6 Å². The second-order valence-corrected chi connectivity index (χ2v) is 6.72. The van der Waals surface area contributed by atoms with E-state index in [0.717, 1.165) is 40.8 Å². The number of aryl methyl sites for hydroxylation is 1. The van der Waals surface area contributed by atoms with Gasteiger partial charge in [-0.1, -0.05) is 18.2 Å². The van der Waals surface area contributed by atoms with Crippen molar-refractivity contribution < 1.29 is 9.90 Å². The molecule has 120 valence electrons. The third-order valence-corrected chi connectivity index (χ3v) is 5.27. The topological polar surface area (TPSA) is 71.2 Å². The number of fused-ring (bicyclic) bond motifs is 3. The summed E-state index contributed by atoms with van der Waals surface area (Å²) in [7, 11) is 0. The molecule has 0 aliphatic carbocycles. The van der Waals surface area contributed by atoms with Gasteiger partial charge in [0.15, 0.2) is 0 Å². The number of benzene rings is 1. The van der Waals surface area contributed by atoms with Gasteiger partial charge in [-0.3, -0.25) is 9.67 Å². The Morgan fingerprint density at radius 2 is 2.04 bits per heavy atom. The van der Waals surface area contributed by atoms with E-state index in [1.54, 1.807) is 0 Å². The number of rotatable bonds is 1. The summed E-state index contributed by atoms with van der Waals surface area (Å²) in [6.45, 7) is 2.00. The van der Waals surface area contributed by atoms with Crippen molar-refractivity contribution in [3.05, 3.63) is 48.3 Å². The predicted molar refractivity (Wildman–Crippen MR) is 88.9 cm³/mol. The van der Waals surface area contributed by atoms with Gasteiger partial charge in [0, 0.05) is 47.9 Å². The molecule has 1 amide bonds. The number of aromatic nitrogens is 3. The molecule has 0 unspecified atom stereocenters. The Hall–Kier alpha value is -2.89. The molecule has 0 saturated carbocycles. The summed E-state index contributed by atoms with van der Waals surface area (Å²) >= 11 is 0. The van der Waals surface area contributed by atoms with Gasteiger partial charge in [0.05, 0.1) is 11.2 Å². The normalized spacial score (nSPS) is 17.9. The molecule has 6 nitrogen and oxygen atoms in total. The highest BCUT2D eigenvalue weighted by atomic mass is 16.4. The van der Waals surface area contributed by atoms with Gasteiger partial charge in [-0.2, -0.15) is 5.10 Å². The van der Waals surface area contributed by atoms with Crippen LogP contribution in [0.3, 0.4) is 0 Å². The molecular formula is C18H16N4O2. The largest absolute Gasteiger partial charge is 0.465 e. The number of carboxylic acid groups (broad SMARTS) is 1. The Morgan fingerprint density at radius 3 is 2.88 bits per heavy atom. The van der Waals surface area contributed by atoms with Crippen molar-refractivity contribution in [2.45, 2.75) is 18.4 Å². The van der Waals surface area contributed by atoms with Gasteiger partial charge in [-0.15, -0.1) is 0 Å². The van der Waals surface area contributed by atoms with Crippen LogP contribution < -0.4 is 0 Å². The minimum Gasteiger partial charge on any atom is -0.465 e. The molecule has 2 aliphatic heterocycles. The van der Waals surface area contributed by atoms with Gasteiger partial charge in [0.2, 0.25) is 0 Å². The number of para-hydroxylation sites is 1. The number of carbonyl (C=O) groups is 1. The van der Waals surface area contributed by atoms with E-state index in [9.17, 15) is 4.79 Å². The molecule has 2 aliphatic rings. The minimum atomic E-state index is -0.836. The predicted octanol–water partition coefficient (Wildman–Crippen LogP) is 2.73. The van der Waals surface area contributed by atoms with Gasteiger partial charge in [0.1, 0.15) is 0 Å². The van der Waals surface area contributed by atoms with E-state index in [2.05, 4.69) is 17.1 Å². The van der Waals surface area contributed by atoms with Gasteiger partial charge in [0.25, 0.3) is 0 Å². The molecule has 4 heterocycles. The maximum absolute atomic E-state index is 11.1. The van der Waals surface area contributed by atoms with Crippen molar-refractivity contribution in [2.24, 2.45) is 0 Å². The quantitative estimate of drug-likeness (QED) is 0.748. The highest BCUT2D eigenvalue weighted by Gasteiger charge is 2.51. The second-order valence-electron chi connectivity index (χ2n) is 6.72. The van der Waals surface area contributed by atoms with Crippen molar-refractivity contribution in [3.63, 3.8) is 0 Å². The van der Waals surface area contributed by atoms with Gasteiger partial charge >= 0.3 is 6.09 Å². The molecule has 0 radical (unpaired) electrons. The number of hydrogen-bond acceptors (Lipinski definition) is 3. The summed E-state index contributed by atoms with van der Waals surface area (Å²) in [4.78, 5) is 17.1. The summed E-state index contributed by atoms with van der Waals surface area (Å²) < 4.78 is 2.03. The van der Waals surface area contributed by atoms with Crippen LogP contribution in [0.2, 0.25) is 0 Å². The van der Waals surface area contributed by atoms with Crippen LogP contribution in [0.25, 0.3) is 22.2 Å². The van der Waals surface area contributed by atoms with Crippen LogP contribution in [0.1, 0.15) is 12.1 Å². The minimum absolute atomic E-state index is 0.0477. The third-order valence-electron chi connectivity index (χ3n) is 5.27. The zero-order chi connectivity index (χ0) is 16.3. The van der Waals surface area contributed by atoms with Crippen molar-refractivity contribution in [2.75, 3.05) is 13.1 Å². The van der Waals surface area contributed by atoms with Crippen LogP contribution in [0.4, 0.5) is 4.79 Å². The first-order chi connectivity index (χ1) is 11.6. The Kier molecular flexibility index (Phi) is 2.58. The van der Waals surface area contributed by atoms with E-state index in [0.29, 0.717) is 13.1 Å². The maximum Gasteiger partial charge on any atom is 0.407 e. The molecule has 2 aromatic heterocycles. The zero-order valence-electron chi connectivity index (χ0n) is 13.0. The lowest BCUT2D eigenvalue weighted by Crippen LogP contribution is -2.59. The third kappa shape index (κ3) is 1.79. The molecule has 1 N–H and O–H groups in total. The molecule has 1 fully saturated rings. The first-order valence-electron chi connectivity index (χ1n) is 8.06. The fourth-order valence-electron chi connectivity index (χ4n) is 3.95. The summed E-state index contributed by atoms with van der Waals surface area (Å²) in [5, 5.41) is 14.9. The van der Waals surface area contributed by atoms with E-state index in [1.165, 1.54) is 4.90 Å². The van der Waals surface area contributed by atoms with Crippen molar-refractivity contribution in [1.82, 2.24) is 19.7 Å². The molecule has 1 saturated heterocycles. The molecule has 1 spiro atoms. The number of nitrogens with zero attached hydrogens (tertiary/aromatic N) is 4. The summed E-state index contributed by atoms with van der Waals surface area (Å²) in [6.07, 6.45) is 1.99. The Labute approximate surface area is 138 Å². The summed E-state index contributed by atoms with van der Waals surface area (Å²) in [6, 6.07) is 12.2. The van der Waals surface area contributed by atoms with E-state index < -0.39 is 6.09 Å². The smallest absolute Gasteiger partial charge is 0.407 e. The van der Waals surface area contributed by atoms with Crippen LogP contribution in [-0.2, 0) is 12.0 Å². The molecule has 24 heavy (non-hydrogen) atoms. The first kappa shape index (κ1) is 13.5. The Balaban J connectivity index is 1.52. The lowest BCUT2D eigenvalue weighted by Gasteiger charge is -2.45. The first-order valence-corrected chi connectivity index (χ1v) is 8.06. The number of hydrogen-bond donors (Lipinski definition) is 1. The molecule has 0 bridgehead atoms. The fraction of sp³-hybridized carbons (Fsp3) is 0.278. The number of likely N-dealkylation sites (tertiary alicyclic amines) is 1. The monoisotopic (exact) mass is 320 g/mol. The number of amides is 1. The lowest BCUT2D eigenvalue weighted by atomic mass is 9.76. The SMILES string of the molecule is O=C(O)N1CC2(CCn3nc(-c4cnc5ccccc5c4)cc32)C1. The summed E-state index contributed by atoms with van der Waals surface area (Å²) in [5.74, 6) is 0. The average Bonchev–Trinajstić information content (AvgIpc) is 3.11. The van der Waals surface area contributed by atoms with Gasteiger partial charge < -0.3 is 10.0 Å². The molecule has 1 aromatic carbocycles. The fourth-order valence-corrected chi connectivity index (χ4v) is 3.95.